The van der Waals surface area contributed by atoms with Crippen molar-refractivity contribution >= 4 is 22.1 Å². The zero-order chi connectivity index (χ0) is 25.7. The van der Waals surface area contributed by atoms with Crippen molar-refractivity contribution in [2.45, 2.75) is 58.1 Å². The highest BCUT2D eigenvalue weighted by Crippen LogP contribution is 2.30. The van der Waals surface area contributed by atoms with Gasteiger partial charge in [-0.3, -0.25) is 0 Å². The molecule has 0 saturated carbocycles. The second-order valence-electron chi connectivity index (χ2n) is 9.11. The van der Waals surface area contributed by atoms with Crippen molar-refractivity contribution < 1.29 is 37.0 Å². The molecule has 0 bridgehead atoms. The molecule has 1 amide bonds. The lowest BCUT2D eigenvalue weighted by atomic mass is 10.1. The highest BCUT2D eigenvalue weighted by molar-refractivity contribution is 7.89. The number of sulfonamides is 1. The second kappa shape index (κ2) is 11.4. The van der Waals surface area contributed by atoms with E-state index in [1.165, 1.54) is 16.3 Å². The summed E-state index contributed by atoms with van der Waals surface area (Å²) in [6, 6.07) is 2.62. The van der Waals surface area contributed by atoms with Crippen LogP contribution in [0.1, 0.15) is 38.8 Å². The number of aryl methyl sites for hydroxylation is 2. The van der Waals surface area contributed by atoms with Crippen LogP contribution in [-0.2, 0) is 29.0 Å². The maximum absolute atomic E-state index is 13.7. The lowest BCUT2D eigenvalue weighted by Gasteiger charge is -2.40. The van der Waals surface area contributed by atoms with Crippen molar-refractivity contribution in [1.29, 1.82) is 0 Å². The summed E-state index contributed by atoms with van der Waals surface area (Å²) in [5.41, 5.74) is 0.420. The standard InChI is InChI=1S/C23H36N2O8S/c1-8-32-20(26)15-31-14-18-13-24(22(27)33-23(4,5)6)9-10-25(18)34(28,29)21-16(2)11-19(30-7)12-17(21)3/h11-12,18H,8-10,13-15H2,1-7H3. The smallest absolute Gasteiger partial charge is 0.410 e. The van der Waals surface area contributed by atoms with Crippen molar-refractivity contribution in [1.82, 2.24) is 9.21 Å². The van der Waals surface area contributed by atoms with Crippen LogP contribution in [0.4, 0.5) is 4.79 Å². The summed E-state index contributed by atoms with van der Waals surface area (Å²) in [5.74, 6) is 0.0246. The first-order chi connectivity index (χ1) is 15.8. The van der Waals surface area contributed by atoms with Crippen molar-refractivity contribution in [2.75, 3.05) is 46.6 Å². The molecule has 0 aromatic heterocycles. The van der Waals surface area contributed by atoms with Crippen molar-refractivity contribution in [3.8, 4) is 5.75 Å². The Balaban J connectivity index is 2.32. The number of methoxy groups -OCH3 is 1. The van der Waals surface area contributed by atoms with E-state index in [1.807, 2.05) is 0 Å². The zero-order valence-electron chi connectivity index (χ0n) is 21.0. The molecule has 2 rings (SSSR count). The van der Waals surface area contributed by atoms with Gasteiger partial charge in [-0.25, -0.2) is 18.0 Å². The van der Waals surface area contributed by atoms with E-state index in [0.29, 0.717) is 16.9 Å². The quantitative estimate of drug-likeness (QED) is 0.501. The van der Waals surface area contributed by atoms with Gasteiger partial charge in [0, 0.05) is 19.6 Å². The molecule has 1 atom stereocenters. The summed E-state index contributed by atoms with van der Waals surface area (Å²) in [6.07, 6.45) is -0.531. The number of esters is 1. The number of ether oxygens (including phenoxy) is 4. The van der Waals surface area contributed by atoms with Gasteiger partial charge in [0.1, 0.15) is 18.0 Å². The van der Waals surface area contributed by atoms with Crippen LogP contribution in [0.25, 0.3) is 0 Å². The third kappa shape index (κ3) is 7.07. The summed E-state index contributed by atoms with van der Waals surface area (Å²) in [5, 5.41) is 0. The first kappa shape index (κ1) is 27.9. The van der Waals surface area contributed by atoms with E-state index >= 15 is 0 Å². The normalized spacial score (nSPS) is 17.4. The molecule has 1 aliphatic heterocycles. The van der Waals surface area contributed by atoms with Crippen LogP contribution >= 0.6 is 0 Å². The maximum atomic E-state index is 13.7. The van der Waals surface area contributed by atoms with E-state index in [2.05, 4.69) is 0 Å². The average molecular weight is 501 g/mol. The van der Waals surface area contributed by atoms with E-state index in [4.69, 9.17) is 18.9 Å². The Bertz CT molecular complexity index is 964. The molecule has 192 valence electrons. The highest BCUT2D eigenvalue weighted by Gasteiger charge is 2.40. The SMILES string of the molecule is CCOC(=O)COCC1CN(C(=O)OC(C)(C)C)CCN1S(=O)(=O)c1c(C)cc(OC)cc1C. The first-order valence-electron chi connectivity index (χ1n) is 11.2. The van der Waals surface area contributed by atoms with Crippen LogP contribution in [0.15, 0.2) is 17.0 Å². The summed E-state index contributed by atoms with van der Waals surface area (Å²) in [6.45, 7) is 10.5. The van der Waals surface area contributed by atoms with Gasteiger partial charge >= 0.3 is 12.1 Å². The largest absolute Gasteiger partial charge is 0.497 e. The number of amides is 1. The monoisotopic (exact) mass is 500 g/mol. The zero-order valence-corrected chi connectivity index (χ0v) is 21.9. The Labute approximate surface area is 202 Å². The molecule has 10 nitrogen and oxygen atoms in total. The predicted octanol–water partition coefficient (Wildman–Crippen LogP) is 2.50. The van der Waals surface area contributed by atoms with Crippen LogP contribution in [0.3, 0.4) is 0 Å². The Hall–Kier alpha value is -2.37. The van der Waals surface area contributed by atoms with Gasteiger partial charge in [-0.2, -0.15) is 4.31 Å². The van der Waals surface area contributed by atoms with Crippen LogP contribution in [0.2, 0.25) is 0 Å². The van der Waals surface area contributed by atoms with E-state index < -0.39 is 33.7 Å². The molecule has 1 aromatic rings. The first-order valence-corrected chi connectivity index (χ1v) is 12.6. The Kier molecular flexibility index (Phi) is 9.32. The minimum absolute atomic E-state index is 0.0555. The maximum Gasteiger partial charge on any atom is 0.410 e. The molecule has 34 heavy (non-hydrogen) atoms. The number of hydrogen-bond donors (Lipinski definition) is 0. The fourth-order valence-electron chi connectivity index (χ4n) is 3.82. The summed E-state index contributed by atoms with van der Waals surface area (Å²) in [4.78, 5) is 26.0. The number of carbonyl (C=O) groups is 2. The summed E-state index contributed by atoms with van der Waals surface area (Å²) in [7, 11) is -2.42. The van der Waals surface area contributed by atoms with Crippen LogP contribution in [0, 0.1) is 13.8 Å². The summed E-state index contributed by atoms with van der Waals surface area (Å²) >= 11 is 0. The van der Waals surface area contributed by atoms with E-state index in [9.17, 15) is 18.0 Å². The van der Waals surface area contributed by atoms with Gasteiger partial charge in [-0.05, 0) is 64.8 Å². The number of benzene rings is 1. The third-order valence-electron chi connectivity index (χ3n) is 5.15. The van der Waals surface area contributed by atoms with E-state index in [1.54, 1.807) is 53.7 Å². The van der Waals surface area contributed by atoms with Crippen LogP contribution in [0.5, 0.6) is 5.75 Å². The molecule has 0 spiro atoms. The lowest BCUT2D eigenvalue weighted by molar-refractivity contribution is -0.149. The number of piperazine rings is 1. The van der Waals surface area contributed by atoms with Crippen LogP contribution in [-0.4, -0.2) is 87.9 Å². The molecule has 1 heterocycles. The van der Waals surface area contributed by atoms with Gasteiger partial charge in [-0.1, -0.05) is 0 Å². The molecule has 11 heteroatoms. The molecule has 1 aromatic carbocycles. The molecule has 1 unspecified atom stereocenters. The lowest BCUT2D eigenvalue weighted by Crippen LogP contribution is -2.58. The van der Waals surface area contributed by atoms with Crippen molar-refractivity contribution in [3.05, 3.63) is 23.3 Å². The molecular formula is C23H36N2O8S. The number of hydrogen-bond acceptors (Lipinski definition) is 8. The van der Waals surface area contributed by atoms with Crippen LogP contribution < -0.4 is 4.74 Å². The molecule has 0 aliphatic carbocycles. The van der Waals surface area contributed by atoms with Gasteiger partial charge in [0.05, 0.1) is 31.3 Å². The average Bonchev–Trinajstić information content (AvgIpc) is 2.71. The fraction of sp³-hybridized carbons (Fsp3) is 0.652. The molecule has 1 saturated heterocycles. The molecule has 0 N–H and O–H groups in total. The predicted molar refractivity (Wildman–Crippen MR) is 125 cm³/mol. The minimum Gasteiger partial charge on any atom is -0.497 e. The van der Waals surface area contributed by atoms with Gasteiger partial charge in [0.25, 0.3) is 0 Å². The molecule has 1 aliphatic rings. The van der Waals surface area contributed by atoms with Gasteiger partial charge in [-0.15, -0.1) is 0 Å². The molecule has 0 radical (unpaired) electrons. The summed E-state index contributed by atoms with van der Waals surface area (Å²) < 4.78 is 49.9. The van der Waals surface area contributed by atoms with Gasteiger partial charge in [0.15, 0.2) is 0 Å². The Morgan fingerprint density at radius 2 is 1.74 bits per heavy atom. The number of carbonyl (C=O) groups excluding carboxylic acids is 2. The molecular weight excluding hydrogens is 464 g/mol. The van der Waals surface area contributed by atoms with Gasteiger partial charge < -0.3 is 23.8 Å². The van der Waals surface area contributed by atoms with Crippen molar-refractivity contribution in [3.63, 3.8) is 0 Å². The minimum atomic E-state index is -3.94. The Morgan fingerprint density at radius 3 is 2.26 bits per heavy atom. The number of nitrogens with zero attached hydrogens (tertiary/aromatic N) is 2. The van der Waals surface area contributed by atoms with Gasteiger partial charge in [0.2, 0.25) is 10.0 Å². The highest BCUT2D eigenvalue weighted by atomic mass is 32.2. The van der Waals surface area contributed by atoms with E-state index in [-0.39, 0.29) is 44.4 Å². The fourth-order valence-corrected chi connectivity index (χ4v) is 5.82. The second-order valence-corrected chi connectivity index (χ2v) is 10.9. The Morgan fingerprint density at radius 1 is 1.12 bits per heavy atom. The third-order valence-corrected chi connectivity index (χ3v) is 7.41. The van der Waals surface area contributed by atoms with Crippen molar-refractivity contribution in [2.24, 2.45) is 0 Å². The topological polar surface area (TPSA) is 112 Å². The number of rotatable bonds is 8. The molecule has 1 fully saturated rings. The van der Waals surface area contributed by atoms with E-state index in [0.717, 1.165) is 0 Å².